The molecule has 180 valence electrons. The Balaban J connectivity index is 2.55. The van der Waals surface area contributed by atoms with Gasteiger partial charge in [-0.15, -0.1) is 0 Å². The number of nitrogens with zero attached hydrogens (tertiary/aromatic N) is 1. The first-order chi connectivity index (χ1) is 17.5. The molecule has 0 heterocycles. The van der Waals surface area contributed by atoms with Gasteiger partial charge in [-0.25, -0.2) is 0 Å². The van der Waals surface area contributed by atoms with E-state index in [-0.39, 0.29) is 0 Å². The molecule has 36 heavy (non-hydrogen) atoms. The molecule has 0 spiro atoms. The lowest BCUT2D eigenvalue weighted by Crippen LogP contribution is -2.28. The first-order valence-electron chi connectivity index (χ1n) is 11.8. The third-order valence-corrected chi connectivity index (χ3v) is 5.33. The summed E-state index contributed by atoms with van der Waals surface area (Å²) in [7, 11) is 0. The van der Waals surface area contributed by atoms with Crippen LogP contribution in [-0.2, 0) is 0 Å². The van der Waals surface area contributed by atoms with Crippen LogP contribution in [0.4, 0.5) is 5.69 Å². The van der Waals surface area contributed by atoms with Crippen molar-refractivity contribution >= 4 is 16.8 Å². The van der Waals surface area contributed by atoms with Crippen LogP contribution in [0.3, 0.4) is 0 Å². The summed E-state index contributed by atoms with van der Waals surface area (Å²) in [5.74, 6) is 0. The second-order valence-corrected chi connectivity index (χ2v) is 7.84. The van der Waals surface area contributed by atoms with E-state index in [1.165, 1.54) is 0 Å². The van der Waals surface area contributed by atoms with Gasteiger partial charge in [0.25, 0.3) is 0 Å². The van der Waals surface area contributed by atoms with E-state index in [2.05, 4.69) is 58.0 Å². The third-order valence-electron chi connectivity index (χ3n) is 5.33. The van der Waals surface area contributed by atoms with Crippen molar-refractivity contribution < 1.29 is 0 Å². The van der Waals surface area contributed by atoms with E-state index in [1.807, 2.05) is 108 Å². The predicted octanol–water partition coefficient (Wildman–Crippen LogP) is 7.88. The maximum Gasteiger partial charge on any atom is 0.0455 e. The number of rotatable bonds is 12. The Morgan fingerprint density at radius 1 is 0.667 bits per heavy atom. The van der Waals surface area contributed by atoms with E-state index >= 15 is 0 Å². The summed E-state index contributed by atoms with van der Waals surface area (Å²) >= 11 is 0. The smallest absolute Gasteiger partial charge is 0.0455 e. The van der Waals surface area contributed by atoms with Gasteiger partial charge in [0.05, 0.1) is 0 Å². The van der Waals surface area contributed by atoms with Gasteiger partial charge in [0.2, 0.25) is 0 Å². The van der Waals surface area contributed by atoms with Gasteiger partial charge in [-0.1, -0.05) is 136 Å². The van der Waals surface area contributed by atoms with Crippen LogP contribution in [0, 0.1) is 0 Å². The molecule has 2 aromatic carbocycles. The van der Waals surface area contributed by atoms with E-state index in [0.717, 1.165) is 38.5 Å². The Kier molecular flexibility index (Phi) is 11.8. The standard InChI is InChI=1S/C35H35N/c1-7-10-12-17-23-34(35-25-19-18-24-33(35)29(4)9-3)30(5)26-27-31(6)36(28-20-13-11-8-2)32-21-15-14-16-22-32/h7-28H,1-3,5-6H2,4H3/b12-10-,13-11-,23-17+,27-26-,28-20+,33-29+,35-34+. The minimum absolute atomic E-state index is 0.808. The predicted molar refractivity (Wildman–Crippen MR) is 162 cm³/mol. The molecule has 0 atom stereocenters. The molecule has 0 saturated carbocycles. The van der Waals surface area contributed by atoms with Crippen molar-refractivity contribution in [1.29, 1.82) is 0 Å². The lowest BCUT2D eigenvalue weighted by molar-refractivity contribution is 1.21. The van der Waals surface area contributed by atoms with E-state index in [4.69, 9.17) is 0 Å². The Bertz CT molecular complexity index is 1360. The Morgan fingerprint density at radius 3 is 1.92 bits per heavy atom. The molecule has 1 nitrogen and oxygen atoms in total. The van der Waals surface area contributed by atoms with Crippen LogP contribution >= 0.6 is 0 Å². The molecule has 2 rings (SSSR count). The van der Waals surface area contributed by atoms with Crippen molar-refractivity contribution in [3.05, 3.63) is 188 Å². The SMILES string of the molecule is C=C\C=C/C=C/C(C(=C)/C=C\C(=C)N(/C=C/C=C\C=C)c1ccccc1)=c1/cccc/c1=C(/C)C=C. The molecular weight excluding hydrogens is 434 g/mol. The maximum atomic E-state index is 4.39. The van der Waals surface area contributed by atoms with Crippen LogP contribution in [0.25, 0.3) is 11.1 Å². The Hall–Kier alpha value is -4.62. The van der Waals surface area contributed by atoms with Crippen LogP contribution in [0.15, 0.2) is 178 Å². The van der Waals surface area contributed by atoms with Crippen molar-refractivity contribution in [3.63, 3.8) is 0 Å². The number of hydrogen-bond donors (Lipinski definition) is 0. The van der Waals surface area contributed by atoms with Crippen molar-refractivity contribution in [2.45, 2.75) is 6.92 Å². The largest absolute Gasteiger partial charge is 0.318 e. The minimum Gasteiger partial charge on any atom is -0.318 e. The first-order valence-corrected chi connectivity index (χ1v) is 11.8. The minimum atomic E-state index is 0.808. The number of hydrogen-bond acceptors (Lipinski definition) is 1. The summed E-state index contributed by atoms with van der Waals surface area (Å²) in [5.41, 5.74) is 4.81. The van der Waals surface area contributed by atoms with Crippen molar-refractivity contribution in [3.8, 4) is 0 Å². The highest BCUT2D eigenvalue weighted by Crippen LogP contribution is 2.21. The fraction of sp³-hybridized carbons (Fsp3) is 0.0286. The molecule has 0 aliphatic carbocycles. The lowest BCUT2D eigenvalue weighted by atomic mass is 10.00. The highest BCUT2D eigenvalue weighted by atomic mass is 15.1. The summed E-state index contributed by atoms with van der Waals surface area (Å²) in [5, 5.41) is 2.21. The Labute approximate surface area is 216 Å². The molecule has 0 amide bonds. The van der Waals surface area contributed by atoms with Gasteiger partial charge in [0.15, 0.2) is 0 Å². The molecule has 0 aliphatic heterocycles. The van der Waals surface area contributed by atoms with Gasteiger partial charge in [-0.05, 0) is 58.4 Å². The average Bonchev–Trinajstić information content (AvgIpc) is 2.91. The van der Waals surface area contributed by atoms with E-state index in [1.54, 1.807) is 12.2 Å². The molecule has 1 heteroatoms. The highest BCUT2D eigenvalue weighted by Gasteiger charge is 2.05. The summed E-state index contributed by atoms with van der Waals surface area (Å²) in [6.07, 6.45) is 25.0. The quantitative estimate of drug-likeness (QED) is 0.286. The molecule has 0 aliphatic rings. The summed E-state index contributed by atoms with van der Waals surface area (Å²) in [4.78, 5) is 2.03. The second kappa shape index (κ2) is 15.3. The van der Waals surface area contributed by atoms with Crippen molar-refractivity contribution in [1.82, 2.24) is 0 Å². The molecule has 0 saturated heterocycles. The maximum absolute atomic E-state index is 4.39. The first kappa shape index (κ1) is 27.6. The average molecular weight is 470 g/mol. The normalized spacial score (nSPS) is 13.5. The third kappa shape index (κ3) is 8.30. The number of allylic oxidation sites excluding steroid dienone is 13. The molecule has 0 N–H and O–H groups in total. The molecule has 0 unspecified atom stereocenters. The van der Waals surface area contributed by atoms with Crippen LogP contribution in [0.5, 0.6) is 0 Å². The topological polar surface area (TPSA) is 3.24 Å². The van der Waals surface area contributed by atoms with Gasteiger partial charge in [0, 0.05) is 17.6 Å². The van der Waals surface area contributed by atoms with Crippen LogP contribution in [0.1, 0.15) is 6.92 Å². The summed E-state index contributed by atoms with van der Waals surface area (Å²) < 4.78 is 0. The van der Waals surface area contributed by atoms with Gasteiger partial charge < -0.3 is 4.90 Å². The zero-order chi connectivity index (χ0) is 26.2. The molecule has 0 fully saturated rings. The van der Waals surface area contributed by atoms with Crippen LogP contribution in [-0.4, -0.2) is 0 Å². The van der Waals surface area contributed by atoms with Crippen molar-refractivity contribution in [2.75, 3.05) is 4.90 Å². The molecular formula is C35H35N. The fourth-order valence-electron chi connectivity index (χ4n) is 3.42. The van der Waals surface area contributed by atoms with E-state index < -0.39 is 0 Å². The summed E-state index contributed by atoms with van der Waals surface area (Å²) in [6, 6.07) is 18.4. The fourth-order valence-corrected chi connectivity index (χ4v) is 3.42. The molecule has 0 aromatic heterocycles. The Morgan fingerprint density at radius 2 is 1.28 bits per heavy atom. The van der Waals surface area contributed by atoms with Gasteiger partial charge in [-0.3, -0.25) is 0 Å². The lowest BCUT2D eigenvalue weighted by Gasteiger charge is -2.21. The van der Waals surface area contributed by atoms with Gasteiger partial charge in [-0.2, -0.15) is 0 Å². The van der Waals surface area contributed by atoms with E-state index in [0.29, 0.717) is 0 Å². The zero-order valence-corrected chi connectivity index (χ0v) is 21.2. The van der Waals surface area contributed by atoms with Crippen LogP contribution in [0.2, 0.25) is 0 Å². The summed E-state index contributed by atoms with van der Waals surface area (Å²) in [6.45, 7) is 22.2. The molecule has 2 aromatic rings. The molecule has 0 bridgehead atoms. The second-order valence-electron chi connectivity index (χ2n) is 7.84. The van der Waals surface area contributed by atoms with E-state index in [9.17, 15) is 0 Å². The number of para-hydroxylation sites is 1. The number of benzene rings is 2. The number of anilines is 1. The highest BCUT2D eigenvalue weighted by molar-refractivity contribution is 5.77. The van der Waals surface area contributed by atoms with Gasteiger partial charge >= 0.3 is 0 Å². The monoisotopic (exact) mass is 469 g/mol. The van der Waals surface area contributed by atoms with Crippen molar-refractivity contribution in [2.24, 2.45) is 0 Å². The zero-order valence-electron chi connectivity index (χ0n) is 21.2. The van der Waals surface area contributed by atoms with Crippen LogP contribution < -0.4 is 15.3 Å². The molecule has 0 radical (unpaired) electrons. The van der Waals surface area contributed by atoms with Gasteiger partial charge in [0.1, 0.15) is 0 Å².